The summed E-state index contributed by atoms with van der Waals surface area (Å²) in [5, 5.41) is 0. The Hall–Kier alpha value is -1.01. The first-order valence-electron chi connectivity index (χ1n) is 5.63. The van der Waals surface area contributed by atoms with Gasteiger partial charge in [-0.3, -0.25) is 4.57 Å². The van der Waals surface area contributed by atoms with Crippen molar-refractivity contribution >= 4 is 14.9 Å². The number of nitrogens with zero attached hydrogens (tertiary/aromatic N) is 2. The van der Waals surface area contributed by atoms with Crippen LogP contribution in [-0.2, 0) is 9.26 Å². The number of ether oxygens (including phenoxy) is 1. The van der Waals surface area contributed by atoms with Crippen molar-refractivity contribution in [3.8, 4) is 0 Å². The summed E-state index contributed by atoms with van der Waals surface area (Å²) in [6.07, 6.45) is 1.88. The summed E-state index contributed by atoms with van der Waals surface area (Å²) in [7, 11) is -0.546. The Labute approximate surface area is 106 Å². The second-order valence-electron chi connectivity index (χ2n) is 4.31. The molecule has 1 saturated heterocycles. The molecule has 8 heteroatoms. The number of nitrogens with two attached hydrogens (primary N) is 1. The van der Waals surface area contributed by atoms with Crippen molar-refractivity contribution in [1.29, 1.82) is 0 Å². The lowest BCUT2D eigenvalue weighted by Crippen LogP contribution is -2.29. The summed E-state index contributed by atoms with van der Waals surface area (Å²) < 4.78 is 12.1. The van der Waals surface area contributed by atoms with Gasteiger partial charge in [0.2, 0.25) is 0 Å². The van der Waals surface area contributed by atoms with E-state index < -0.39 is 14.7 Å². The van der Waals surface area contributed by atoms with Crippen LogP contribution in [0.1, 0.15) is 19.6 Å². The van der Waals surface area contributed by atoms with E-state index in [9.17, 15) is 4.79 Å². The maximum absolute atomic E-state index is 11.7. The van der Waals surface area contributed by atoms with Gasteiger partial charge >= 0.3 is 5.69 Å². The molecular formula is C10H16N3O4P. The Morgan fingerprint density at radius 1 is 1.78 bits per heavy atom. The van der Waals surface area contributed by atoms with E-state index >= 15 is 0 Å². The molecule has 3 N–H and O–H groups in total. The minimum Gasteiger partial charge on any atom is -0.383 e. The highest BCUT2D eigenvalue weighted by Crippen LogP contribution is 2.33. The van der Waals surface area contributed by atoms with Gasteiger partial charge in [-0.15, -0.1) is 0 Å². The largest absolute Gasteiger partial charge is 0.383 e. The minimum atomic E-state index is -0.546. The summed E-state index contributed by atoms with van der Waals surface area (Å²) in [5.41, 5.74) is 5.02. The lowest BCUT2D eigenvalue weighted by Gasteiger charge is -2.17. The Morgan fingerprint density at radius 3 is 3.22 bits per heavy atom. The summed E-state index contributed by atoms with van der Waals surface area (Å²) in [6, 6.07) is 1.57. The van der Waals surface area contributed by atoms with Crippen LogP contribution in [0.2, 0.25) is 0 Å². The second-order valence-corrected chi connectivity index (χ2v) is 4.78. The molecule has 18 heavy (non-hydrogen) atoms. The van der Waals surface area contributed by atoms with Gasteiger partial charge in [-0.25, -0.2) is 4.79 Å². The van der Waals surface area contributed by atoms with E-state index in [2.05, 4.69) is 4.98 Å². The van der Waals surface area contributed by atoms with Gasteiger partial charge in [0.15, 0.2) is 9.03 Å². The van der Waals surface area contributed by atoms with Gasteiger partial charge in [-0.2, -0.15) is 4.98 Å². The molecule has 1 aromatic rings. The highest BCUT2D eigenvalue weighted by Gasteiger charge is 2.34. The predicted octanol–water partition coefficient (Wildman–Crippen LogP) is 0.267. The maximum Gasteiger partial charge on any atom is 0.351 e. The van der Waals surface area contributed by atoms with Crippen LogP contribution >= 0.6 is 9.03 Å². The van der Waals surface area contributed by atoms with Gasteiger partial charge in [0, 0.05) is 12.1 Å². The molecule has 0 amide bonds. The van der Waals surface area contributed by atoms with Crippen molar-refractivity contribution in [3.63, 3.8) is 0 Å². The summed E-state index contributed by atoms with van der Waals surface area (Å²) in [6.45, 7) is 2.32. The Balaban J connectivity index is 2.11. The molecule has 0 aliphatic carbocycles. The van der Waals surface area contributed by atoms with Crippen LogP contribution in [0.5, 0.6) is 0 Å². The van der Waals surface area contributed by atoms with E-state index in [-0.39, 0.29) is 24.1 Å². The van der Waals surface area contributed by atoms with Crippen LogP contribution in [0, 0.1) is 5.92 Å². The normalized spacial score (nSPS) is 28.2. The molecular weight excluding hydrogens is 257 g/mol. The molecule has 1 aliphatic rings. The molecule has 1 fully saturated rings. The zero-order valence-electron chi connectivity index (χ0n) is 9.94. The van der Waals surface area contributed by atoms with Gasteiger partial charge in [-0.1, -0.05) is 6.92 Å². The van der Waals surface area contributed by atoms with Crippen molar-refractivity contribution in [2.75, 3.05) is 12.3 Å². The quantitative estimate of drug-likeness (QED) is 0.764. The zero-order valence-corrected chi connectivity index (χ0v) is 10.9. The van der Waals surface area contributed by atoms with E-state index in [4.69, 9.17) is 19.9 Å². The number of hydrogen-bond acceptors (Lipinski definition) is 6. The Kier molecular flexibility index (Phi) is 4.29. The summed E-state index contributed by atoms with van der Waals surface area (Å²) in [5.74, 6) is 0.368. The molecule has 2 rings (SSSR count). The summed E-state index contributed by atoms with van der Waals surface area (Å²) >= 11 is 0. The molecule has 2 heterocycles. The van der Waals surface area contributed by atoms with Crippen LogP contribution in [0.4, 0.5) is 5.82 Å². The van der Waals surface area contributed by atoms with E-state index in [0.717, 1.165) is 6.42 Å². The Bertz CT molecular complexity index is 467. The van der Waals surface area contributed by atoms with E-state index in [1.165, 1.54) is 4.57 Å². The average molecular weight is 273 g/mol. The fourth-order valence-corrected chi connectivity index (χ4v) is 2.38. The predicted molar refractivity (Wildman–Crippen MR) is 67.1 cm³/mol. The third kappa shape index (κ3) is 2.87. The third-order valence-corrected chi connectivity index (χ3v) is 3.21. The van der Waals surface area contributed by atoms with Crippen LogP contribution in [0.15, 0.2) is 17.1 Å². The molecule has 0 saturated carbocycles. The van der Waals surface area contributed by atoms with Crippen molar-refractivity contribution < 1.29 is 14.2 Å². The molecule has 0 spiro atoms. The number of aromatic nitrogens is 2. The first kappa shape index (κ1) is 13.4. The van der Waals surface area contributed by atoms with Crippen molar-refractivity contribution in [3.05, 3.63) is 22.7 Å². The molecule has 7 nitrogen and oxygen atoms in total. The molecule has 1 aromatic heterocycles. The van der Waals surface area contributed by atoms with Gasteiger partial charge < -0.3 is 19.9 Å². The lowest BCUT2D eigenvalue weighted by atomic mass is 10.1. The molecule has 0 aromatic carbocycles. The average Bonchev–Trinajstić information content (AvgIpc) is 2.68. The van der Waals surface area contributed by atoms with Gasteiger partial charge in [0.25, 0.3) is 0 Å². The van der Waals surface area contributed by atoms with Gasteiger partial charge in [0.05, 0.1) is 12.7 Å². The van der Waals surface area contributed by atoms with Crippen molar-refractivity contribution in [2.24, 2.45) is 5.92 Å². The molecule has 4 atom stereocenters. The third-order valence-electron chi connectivity index (χ3n) is 2.91. The first-order valence-corrected chi connectivity index (χ1v) is 6.48. The van der Waals surface area contributed by atoms with Gasteiger partial charge in [-0.05, 0) is 12.5 Å². The standard InChI is InChI=1S/C10H16N3O4P/c1-6-4-7(5-16-18-15)17-9(6)13-3-2-8(11)12-10(13)14/h2-3,6-7,9,15,18H,4-5H2,1H3,(H2,11,12,14). The SMILES string of the molecule is CC1CC(COPO)OC1n1ccc(N)nc1=O. The van der Waals surface area contributed by atoms with Gasteiger partial charge in [0.1, 0.15) is 12.0 Å². The maximum atomic E-state index is 11.7. The van der Waals surface area contributed by atoms with Crippen LogP contribution in [-0.4, -0.2) is 27.2 Å². The van der Waals surface area contributed by atoms with Crippen LogP contribution in [0.3, 0.4) is 0 Å². The topological polar surface area (TPSA) is 99.6 Å². The number of rotatable bonds is 4. The van der Waals surface area contributed by atoms with Crippen LogP contribution in [0.25, 0.3) is 0 Å². The smallest absolute Gasteiger partial charge is 0.351 e. The highest BCUT2D eigenvalue weighted by atomic mass is 31.1. The molecule has 0 radical (unpaired) electrons. The molecule has 1 aliphatic heterocycles. The fraction of sp³-hybridized carbons (Fsp3) is 0.600. The molecule has 0 bridgehead atoms. The van der Waals surface area contributed by atoms with Crippen molar-refractivity contribution in [2.45, 2.75) is 25.7 Å². The number of anilines is 1. The number of hydrogen-bond donors (Lipinski definition) is 2. The monoisotopic (exact) mass is 273 g/mol. The van der Waals surface area contributed by atoms with Crippen LogP contribution < -0.4 is 11.4 Å². The second kappa shape index (κ2) is 5.75. The minimum absolute atomic E-state index is 0.117. The van der Waals surface area contributed by atoms with E-state index in [0.29, 0.717) is 6.61 Å². The van der Waals surface area contributed by atoms with Crippen molar-refractivity contribution in [1.82, 2.24) is 9.55 Å². The first-order chi connectivity index (χ1) is 8.61. The van der Waals surface area contributed by atoms with E-state index in [1.54, 1.807) is 12.3 Å². The highest BCUT2D eigenvalue weighted by molar-refractivity contribution is 7.24. The molecule has 100 valence electrons. The zero-order chi connectivity index (χ0) is 13.1. The number of nitrogen functional groups attached to an aromatic ring is 1. The van der Waals surface area contributed by atoms with E-state index in [1.807, 2.05) is 6.92 Å². The molecule has 4 unspecified atom stereocenters. The Morgan fingerprint density at radius 2 is 2.56 bits per heavy atom. The summed E-state index contributed by atoms with van der Waals surface area (Å²) in [4.78, 5) is 24.0. The lowest BCUT2D eigenvalue weighted by molar-refractivity contribution is -0.0285. The fourth-order valence-electron chi connectivity index (χ4n) is 2.11.